The Morgan fingerprint density at radius 3 is 2.33 bits per heavy atom. The van der Waals surface area contributed by atoms with Crippen molar-refractivity contribution < 1.29 is 12.8 Å². The average molecular weight is 285 g/mol. The first kappa shape index (κ1) is 13.1. The summed E-state index contributed by atoms with van der Waals surface area (Å²) in [6.07, 6.45) is 6.88. The van der Waals surface area contributed by atoms with Crippen LogP contribution >= 0.6 is 10.7 Å². The van der Waals surface area contributed by atoms with Crippen LogP contribution in [0.15, 0.2) is 59.3 Å². The summed E-state index contributed by atoms with van der Waals surface area (Å²) >= 11 is 0. The van der Waals surface area contributed by atoms with Crippen molar-refractivity contribution in [3.8, 4) is 0 Å². The average Bonchev–Trinajstić information content (AvgIpc) is 2.53. The molecule has 0 unspecified atom stereocenters. The van der Waals surface area contributed by atoms with Gasteiger partial charge < -0.3 is 0 Å². The first-order valence-electron chi connectivity index (χ1n) is 5.26. The van der Waals surface area contributed by atoms with Gasteiger partial charge in [-0.05, 0) is 41.8 Å². The Balaban J connectivity index is 2.31. The van der Waals surface area contributed by atoms with Crippen LogP contribution in [0.5, 0.6) is 0 Å². The van der Waals surface area contributed by atoms with Crippen LogP contribution in [0.3, 0.4) is 0 Å². The minimum absolute atomic E-state index is 0.0513. The van der Waals surface area contributed by atoms with Crippen molar-refractivity contribution in [3.63, 3.8) is 0 Å². The molecule has 0 spiro atoms. The van der Waals surface area contributed by atoms with Gasteiger partial charge >= 0.3 is 0 Å². The molecular formula is C13H10ClFO2S. The number of benzene rings is 1. The van der Waals surface area contributed by atoms with E-state index in [9.17, 15) is 12.8 Å². The maximum absolute atomic E-state index is 13.0. The Morgan fingerprint density at radius 1 is 1.06 bits per heavy atom. The second-order valence-corrected chi connectivity index (χ2v) is 6.35. The normalized spacial score (nSPS) is 15.9. The van der Waals surface area contributed by atoms with Crippen LogP contribution in [-0.4, -0.2) is 8.42 Å². The SMILES string of the molecule is O=S(=O)(Cl)c1ccc(C2=CCC=C(F)C=C2)cc1. The van der Waals surface area contributed by atoms with Crippen molar-refractivity contribution in [1.82, 2.24) is 0 Å². The summed E-state index contributed by atoms with van der Waals surface area (Å²) in [5.41, 5.74) is 1.66. The van der Waals surface area contributed by atoms with E-state index >= 15 is 0 Å². The number of allylic oxidation sites excluding steroid dienone is 6. The molecule has 2 nitrogen and oxygen atoms in total. The van der Waals surface area contributed by atoms with E-state index in [1.165, 1.54) is 24.3 Å². The van der Waals surface area contributed by atoms with Gasteiger partial charge in [-0.2, -0.15) is 0 Å². The molecular weight excluding hydrogens is 275 g/mol. The van der Waals surface area contributed by atoms with E-state index in [-0.39, 0.29) is 10.7 Å². The maximum Gasteiger partial charge on any atom is 0.261 e. The van der Waals surface area contributed by atoms with Crippen LogP contribution in [0, 0.1) is 0 Å². The van der Waals surface area contributed by atoms with E-state index < -0.39 is 9.05 Å². The van der Waals surface area contributed by atoms with Crippen LogP contribution in [0.4, 0.5) is 4.39 Å². The molecule has 1 aliphatic carbocycles. The second-order valence-electron chi connectivity index (χ2n) is 3.78. The zero-order valence-corrected chi connectivity index (χ0v) is 10.9. The van der Waals surface area contributed by atoms with Crippen LogP contribution in [-0.2, 0) is 9.05 Å². The van der Waals surface area contributed by atoms with Crippen LogP contribution in [0.2, 0.25) is 0 Å². The number of hydrogen-bond acceptors (Lipinski definition) is 2. The zero-order chi connectivity index (χ0) is 13.2. The highest BCUT2D eigenvalue weighted by atomic mass is 35.7. The Kier molecular flexibility index (Phi) is 3.68. The smallest absolute Gasteiger partial charge is 0.207 e. The van der Waals surface area contributed by atoms with Gasteiger partial charge in [0, 0.05) is 10.7 Å². The molecule has 0 heterocycles. The Labute approximate surface area is 110 Å². The van der Waals surface area contributed by atoms with Crippen LogP contribution in [0.1, 0.15) is 12.0 Å². The summed E-state index contributed by atoms with van der Waals surface area (Å²) in [4.78, 5) is 0.0513. The molecule has 5 heteroatoms. The summed E-state index contributed by atoms with van der Waals surface area (Å²) in [5.74, 6) is -0.277. The molecule has 0 aliphatic heterocycles. The topological polar surface area (TPSA) is 34.1 Å². The predicted molar refractivity (Wildman–Crippen MR) is 70.4 cm³/mol. The molecule has 1 aliphatic rings. The zero-order valence-electron chi connectivity index (χ0n) is 9.31. The molecule has 0 amide bonds. The minimum Gasteiger partial charge on any atom is -0.207 e. The highest BCUT2D eigenvalue weighted by Crippen LogP contribution is 2.23. The monoisotopic (exact) mass is 284 g/mol. The molecule has 0 bridgehead atoms. The van der Waals surface area contributed by atoms with Crippen molar-refractivity contribution in [2.75, 3.05) is 0 Å². The van der Waals surface area contributed by atoms with Gasteiger partial charge in [-0.3, -0.25) is 0 Å². The molecule has 0 aromatic heterocycles. The first-order chi connectivity index (χ1) is 8.47. The van der Waals surface area contributed by atoms with Gasteiger partial charge in [-0.25, -0.2) is 12.8 Å². The van der Waals surface area contributed by atoms with Gasteiger partial charge in [0.2, 0.25) is 0 Å². The molecule has 94 valence electrons. The highest BCUT2D eigenvalue weighted by Gasteiger charge is 2.09. The molecule has 18 heavy (non-hydrogen) atoms. The second kappa shape index (κ2) is 5.08. The van der Waals surface area contributed by atoms with E-state index in [0.717, 1.165) is 11.1 Å². The van der Waals surface area contributed by atoms with E-state index in [1.807, 2.05) is 6.08 Å². The lowest BCUT2D eigenvalue weighted by Crippen LogP contribution is -1.90. The molecule has 0 N–H and O–H groups in total. The molecule has 0 fully saturated rings. The van der Waals surface area contributed by atoms with Crippen LogP contribution in [0.25, 0.3) is 5.57 Å². The third-order valence-corrected chi connectivity index (χ3v) is 3.91. The number of hydrogen-bond donors (Lipinski definition) is 0. The standard InChI is InChI=1S/C13H10ClFO2S/c14-18(16,17)13-8-5-11(6-9-13)10-2-1-3-12(15)7-4-10/h2-9H,1H2. The van der Waals surface area contributed by atoms with Crippen molar-refractivity contribution >= 4 is 25.3 Å². The summed E-state index contributed by atoms with van der Waals surface area (Å²) in [5, 5.41) is 0. The fourth-order valence-electron chi connectivity index (χ4n) is 1.63. The molecule has 1 aromatic carbocycles. The van der Waals surface area contributed by atoms with Crippen molar-refractivity contribution in [1.29, 1.82) is 0 Å². The van der Waals surface area contributed by atoms with Gasteiger partial charge in [0.05, 0.1) is 4.90 Å². The summed E-state index contributed by atoms with van der Waals surface area (Å²) in [6, 6.07) is 6.16. The molecule has 0 atom stereocenters. The first-order valence-corrected chi connectivity index (χ1v) is 7.57. The van der Waals surface area contributed by atoms with E-state index in [0.29, 0.717) is 6.42 Å². The highest BCUT2D eigenvalue weighted by molar-refractivity contribution is 8.13. The Morgan fingerprint density at radius 2 is 1.72 bits per heavy atom. The molecule has 0 saturated carbocycles. The fourth-order valence-corrected chi connectivity index (χ4v) is 2.40. The molecule has 1 aromatic rings. The third-order valence-electron chi connectivity index (χ3n) is 2.54. The van der Waals surface area contributed by atoms with Gasteiger partial charge in [0.1, 0.15) is 5.83 Å². The lowest BCUT2D eigenvalue weighted by Gasteiger charge is -2.03. The maximum atomic E-state index is 13.0. The summed E-state index contributed by atoms with van der Waals surface area (Å²) in [6.45, 7) is 0. The van der Waals surface area contributed by atoms with Crippen molar-refractivity contribution in [2.24, 2.45) is 0 Å². The van der Waals surface area contributed by atoms with Gasteiger partial charge in [-0.1, -0.05) is 24.3 Å². The lowest BCUT2D eigenvalue weighted by molar-refractivity contribution is 0.609. The summed E-state index contributed by atoms with van der Waals surface area (Å²) < 4.78 is 35.2. The van der Waals surface area contributed by atoms with Crippen molar-refractivity contribution in [2.45, 2.75) is 11.3 Å². The minimum atomic E-state index is -3.70. The fraction of sp³-hybridized carbons (Fsp3) is 0.0769. The molecule has 2 rings (SSSR count). The van der Waals surface area contributed by atoms with Gasteiger partial charge in [0.15, 0.2) is 0 Å². The quantitative estimate of drug-likeness (QED) is 0.774. The Hall–Kier alpha value is -1.39. The molecule has 0 radical (unpaired) electrons. The predicted octanol–water partition coefficient (Wildman–Crippen LogP) is 3.81. The molecule has 0 saturated heterocycles. The van der Waals surface area contributed by atoms with Crippen molar-refractivity contribution in [3.05, 3.63) is 60.0 Å². The van der Waals surface area contributed by atoms with Gasteiger partial charge in [-0.15, -0.1) is 0 Å². The lowest BCUT2D eigenvalue weighted by atomic mass is 10.1. The van der Waals surface area contributed by atoms with Crippen LogP contribution < -0.4 is 0 Å². The number of rotatable bonds is 2. The third kappa shape index (κ3) is 3.09. The summed E-state index contributed by atoms with van der Waals surface area (Å²) in [7, 11) is 1.53. The van der Waals surface area contributed by atoms with E-state index in [1.54, 1.807) is 18.2 Å². The van der Waals surface area contributed by atoms with E-state index in [4.69, 9.17) is 10.7 Å². The van der Waals surface area contributed by atoms with E-state index in [2.05, 4.69) is 0 Å². The largest absolute Gasteiger partial charge is 0.261 e. The van der Waals surface area contributed by atoms with Gasteiger partial charge in [0.25, 0.3) is 9.05 Å². The number of halogens is 2. The Bertz CT molecular complexity index is 640.